The van der Waals surface area contributed by atoms with E-state index in [9.17, 15) is 14.0 Å². The molecule has 2 amide bonds. The van der Waals surface area contributed by atoms with Crippen molar-refractivity contribution in [1.82, 2.24) is 15.0 Å². The summed E-state index contributed by atoms with van der Waals surface area (Å²) in [6.07, 6.45) is 1.47. The summed E-state index contributed by atoms with van der Waals surface area (Å²) in [4.78, 5) is 30.1. The lowest BCUT2D eigenvalue weighted by molar-refractivity contribution is 0.0597. The lowest BCUT2D eigenvalue weighted by atomic mass is 10.1. The van der Waals surface area contributed by atoms with Crippen molar-refractivity contribution in [2.24, 2.45) is 0 Å². The van der Waals surface area contributed by atoms with Crippen LogP contribution in [0.5, 0.6) is 0 Å². The highest BCUT2D eigenvalue weighted by atomic mass is 19.1. The van der Waals surface area contributed by atoms with Crippen LogP contribution in [-0.2, 0) is 4.74 Å². The fraction of sp³-hybridized carbons (Fsp3) is 0.375. The molecule has 0 saturated carbocycles. The van der Waals surface area contributed by atoms with Crippen LogP contribution < -0.4 is 5.32 Å². The van der Waals surface area contributed by atoms with Gasteiger partial charge in [0, 0.05) is 13.5 Å². The van der Waals surface area contributed by atoms with Crippen molar-refractivity contribution in [3.05, 3.63) is 41.3 Å². The molecule has 3 rings (SSSR count). The number of ether oxygens (including phenoxy) is 1. The van der Waals surface area contributed by atoms with Crippen LogP contribution in [0.2, 0.25) is 0 Å². The summed E-state index contributed by atoms with van der Waals surface area (Å²) in [6.45, 7) is 2.16. The molecule has 25 heavy (non-hydrogen) atoms. The normalized spacial score (nSPS) is 16.8. The second kappa shape index (κ2) is 6.88. The van der Waals surface area contributed by atoms with Crippen LogP contribution in [0.3, 0.4) is 0 Å². The Labute approximate surface area is 142 Å². The lowest BCUT2D eigenvalue weighted by Crippen LogP contribution is -2.35. The van der Waals surface area contributed by atoms with Crippen LogP contribution in [0.25, 0.3) is 0 Å². The Balaban J connectivity index is 1.83. The van der Waals surface area contributed by atoms with Crippen molar-refractivity contribution in [3.63, 3.8) is 0 Å². The number of halogens is 1. The first kappa shape index (κ1) is 16.9. The smallest absolute Gasteiger partial charge is 0.342 e. The molecule has 1 saturated heterocycles. The Bertz CT molecular complexity index is 807. The third-order valence-electron chi connectivity index (χ3n) is 4.00. The van der Waals surface area contributed by atoms with Gasteiger partial charge in [-0.2, -0.15) is 4.98 Å². The molecular weight excluding hydrogens is 331 g/mol. The molecule has 0 aliphatic carbocycles. The molecule has 0 radical (unpaired) electrons. The first-order valence-corrected chi connectivity index (χ1v) is 7.76. The molecule has 0 bridgehead atoms. The van der Waals surface area contributed by atoms with E-state index >= 15 is 0 Å². The molecule has 9 heteroatoms. The standard InChI is InChI=1S/C16H17FN4O4/c1-9-18-14(20-25-9)12-7-4-8-21(12)16(23)19-11-6-3-5-10(17)13(11)15(22)24-2/h3,5-6,12H,4,7-8H2,1-2H3,(H,19,23)/t12-/m1/s1. The summed E-state index contributed by atoms with van der Waals surface area (Å²) < 4.78 is 23.5. The number of carbonyl (C=O) groups is 2. The van der Waals surface area contributed by atoms with Gasteiger partial charge >= 0.3 is 12.0 Å². The van der Waals surface area contributed by atoms with Gasteiger partial charge in [-0.15, -0.1) is 0 Å². The van der Waals surface area contributed by atoms with Gasteiger partial charge in [0.05, 0.1) is 18.8 Å². The van der Waals surface area contributed by atoms with Gasteiger partial charge in [-0.1, -0.05) is 11.2 Å². The highest BCUT2D eigenvalue weighted by Gasteiger charge is 2.34. The van der Waals surface area contributed by atoms with Crippen molar-refractivity contribution >= 4 is 17.7 Å². The molecule has 132 valence electrons. The van der Waals surface area contributed by atoms with Crippen LogP contribution in [0, 0.1) is 12.7 Å². The second-order valence-corrected chi connectivity index (χ2v) is 5.61. The molecule has 1 N–H and O–H groups in total. The molecule has 1 aromatic heterocycles. The Morgan fingerprint density at radius 3 is 2.92 bits per heavy atom. The van der Waals surface area contributed by atoms with Crippen LogP contribution >= 0.6 is 0 Å². The molecule has 1 atom stereocenters. The average Bonchev–Trinajstić information content (AvgIpc) is 3.23. The van der Waals surface area contributed by atoms with E-state index in [0.717, 1.165) is 19.6 Å². The molecule has 1 fully saturated rings. The van der Waals surface area contributed by atoms with E-state index in [1.807, 2.05) is 0 Å². The molecule has 1 aliphatic rings. The predicted octanol–water partition coefficient (Wildman–Crippen LogP) is 2.67. The maximum atomic E-state index is 14.0. The SMILES string of the molecule is COC(=O)c1c(F)cccc1NC(=O)N1CCC[C@@H]1c1noc(C)n1. The number of methoxy groups -OCH3 is 1. The zero-order valence-corrected chi connectivity index (χ0v) is 13.8. The van der Waals surface area contributed by atoms with Crippen molar-refractivity contribution in [1.29, 1.82) is 0 Å². The number of amides is 2. The minimum atomic E-state index is -0.861. The van der Waals surface area contributed by atoms with E-state index in [4.69, 9.17) is 4.52 Å². The number of rotatable bonds is 3. The van der Waals surface area contributed by atoms with Crippen LogP contribution in [-0.4, -0.2) is 40.7 Å². The minimum Gasteiger partial charge on any atom is -0.465 e. The number of aromatic nitrogens is 2. The van der Waals surface area contributed by atoms with E-state index in [-0.39, 0.29) is 17.3 Å². The van der Waals surface area contributed by atoms with Gasteiger partial charge in [-0.25, -0.2) is 14.0 Å². The number of hydrogen-bond donors (Lipinski definition) is 1. The summed E-state index contributed by atoms with van der Waals surface area (Å²) >= 11 is 0. The third kappa shape index (κ3) is 3.30. The van der Waals surface area contributed by atoms with Gasteiger partial charge in [0.1, 0.15) is 11.4 Å². The van der Waals surface area contributed by atoms with Crippen molar-refractivity contribution in [2.45, 2.75) is 25.8 Å². The van der Waals surface area contributed by atoms with E-state index in [1.165, 1.54) is 17.0 Å². The maximum absolute atomic E-state index is 14.0. The van der Waals surface area contributed by atoms with Crippen molar-refractivity contribution in [2.75, 3.05) is 19.0 Å². The Morgan fingerprint density at radius 2 is 2.24 bits per heavy atom. The van der Waals surface area contributed by atoms with Gasteiger partial charge in [-0.05, 0) is 25.0 Å². The van der Waals surface area contributed by atoms with E-state index in [1.54, 1.807) is 6.92 Å². The van der Waals surface area contributed by atoms with Gasteiger partial charge in [0.15, 0.2) is 5.82 Å². The first-order chi connectivity index (χ1) is 12.0. The number of esters is 1. The fourth-order valence-corrected chi connectivity index (χ4v) is 2.85. The number of benzene rings is 1. The third-order valence-corrected chi connectivity index (χ3v) is 4.00. The number of anilines is 1. The van der Waals surface area contributed by atoms with Crippen LogP contribution in [0.15, 0.2) is 22.7 Å². The average molecular weight is 348 g/mol. The largest absolute Gasteiger partial charge is 0.465 e. The summed E-state index contributed by atoms with van der Waals surface area (Å²) in [5.74, 6) is -0.783. The van der Waals surface area contributed by atoms with Gasteiger partial charge < -0.3 is 19.5 Å². The highest BCUT2D eigenvalue weighted by molar-refractivity contribution is 6.01. The van der Waals surface area contributed by atoms with Gasteiger partial charge in [-0.3, -0.25) is 0 Å². The number of nitrogens with zero attached hydrogens (tertiary/aromatic N) is 3. The quantitative estimate of drug-likeness (QED) is 0.857. The number of nitrogens with one attached hydrogen (secondary N) is 1. The zero-order valence-electron chi connectivity index (χ0n) is 13.8. The number of urea groups is 1. The topological polar surface area (TPSA) is 97.6 Å². The van der Waals surface area contributed by atoms with Crippen molar-refractivity contribution < 1.29 is 23.2 Å². The molecule has 1 aliphatic heterocycles. The summed E-state index contributed by atoms with van der Waals surface area (Å²) in [7, 11) is 1.15. The molecule has 0 spiro atoms. The Hall–Kier alpha value is -2.97. The Morgan fingerprint density at radius 1 is 1.44 bits per heavy atom. The minimum absolute atomic E-state index is 0.0480. The molecule has 2 heterocycles. The van der Waals surface area contributed by atoms with Crippen molar-refractivity contribution in [3.8, 4) is 0 Å². The molecular formula is C16H17FN4O4. The zero-order chi connectivity index (χ0) is 18.0. The molecule has 2 aromatic rings. The number of aryl methyl sites for hydroxylation is 1. The Kier molecular flexibility index (Phi) is 4.64. The maximum Gasteiger partial charge on any atom is 0.342 e. The van der Waals surface area contributed by atoms with Crippen LogP contribution in [0.4, 0.5) is 14.9 Å². The van der Waals surface area contributed by atoms with Crippen LogP contribution in [0.1, 0.15) is 41.0 Å². The van der Waals surface area contributed by atoms with Gasteiger partial charge in [0.25, 0.3) is 0 Å². The fourth-order valence-electron chi connectivity index (χ4n) is 2.85. The number of hydrogen-bond acceptors (Lipinski definition) is 6. The van der Waals surface area contributed by atoms with Gasteiger partial charge in [0.2, 0.25) is 5.89 Å². The predicted molar refractivity (Wildman–Crippen MR) is 84.5 cm³/mol. The summed E-state index contributed by atoms with van der Waals surface area (Å²) in [5, 5.41) is 6.44. The highest BCUT2D eigenvalue weighted by Crippen LogP contribution is 2.31. The second-order valence-electron chi connectivity index (χ2n) is 5.61. The molecule has 1 aromatic carbocycles. The molecule has 8 nitrogen and oxygen atoms in total. The van der Waals surface area contributed by atoms with E-state index in [2.05, 4.69) is 20.2 Å². The summed E-state index contributed by atoms with van der Waals surface area (Å²) in [6, 6.07) is 3.18. The number of likely N-dealkylation sites (tertiary alicyclic amines) is 1. The van der Waals surface area contributed by atoms with E-state index < -0.39 is 17.8 Å². The first-order valence-electron chi connectivity index (χ1n) is 7.76. The molecule has 0 unspecified atom stereocenters. The van der Waals surface area contributed by atoms with E-state index in [0.29, 0.717) is 24.7 Å². The number of carbonyl (C=O) groups excluding carboxylic acids is 2. The summed E-state index contributed by atoms with van der Waals surface area (Å²) in [5.41, 5.74) is -0.267. The lowest BCUT2D eigenvalue weighted by Gasteiger charge is -2.23. The monoisotopic (exact) mass is 348 g/mol.